The van der Waals surface area contributed by atoms with Gasteiger partial charge in [-0.15, -0.1) is 0 Å². The minimum Gasteiger partial charge on any atom is -0.465 e. The van der Waals surface area contributed by atoms with E-state index in [9.17, 15) is 9.59 Å². The highest BCUT2D eigenvalue weighted by molar-refractivity contribution is 6.04. The van der Waals surface area contributed by atoms with E-state index in [1.54, 1.807) is 24.3 Å². The van der Waals surface area contributed by atoms with Crippen LogP contribution in [0.5, 0.6) is 0 Å². The van der Waals surface area contributed by atoms with E-state index in [1.807, 2.05) is 32.0 Å². The molecule has 2 N–H and O–H groups in total. The maximum absolute atomic E-state index is 12.5. The fourth-order valence-electron chi connectivity index (χ4n) is 2.71. The predicted molar refractivity (Wildman–Crippen MR) is 107 cm³/mol. The normalized spacial score (nSPS) is 10.2. The number of hydrogen-bond acceptors (Lipinski definition) is 6. The number of aryl methyl sites for hydroxylation is 2. The number of benzene rings is 2. The Labute approximate surface area is 162 Å². The molecular formula is C21H20N4O3. The van der Waals surface area contributed by atoms with E-state index in [2.05, 4.69) is 20.6 Å². The summed E-state index contributed by atoms with van der Waals surface area (Å²) in [6, 6.07) is 12.7. The van der Waals surface area contributed by atoms with Gasteiger partial charge in [-0.3, -0.25) is 4.79 Å². The van der Waals surface area contributed by atoms with E-state index < -0.39 is 5.97 Å². The molecule has 0 bridgehead atoms. The van der Waals surface area contributed by atoms with Crippen LogP contribution in [0.2, 0.25) is 0 Å². The highest BCUT2D eigenvalue weighted by Gasteiger charge is 2.13. The fraction of sp³-hybridized carbons (Fsp3) is 0.143. The van der Waals surface area contributed by atoms with Gasteiger partial charge < -0.3 is 15.4 Å². The molecule has 0 fully saturated rings. The van der Waals surface area contributed by atoms with Crippen molar-refractivity contribution in [1.29, 1.82) is 0 Å². The Hall–Kier alpha value is -3.74. The number of carbonyl (C=O) groups is 2. The zero-order chi connectivity index (χ0) is 20.1. The summed E-state index contributed by atoms with van der Waals surface area (Å²) in [5.41, 5.74) is 3.95. The van der Waals surface area contributed by atoms with Gasteiger partial charge in [-0.25, -0.2) is 14.8 Å². The Balaban J connectivity index is 1.76. The second-order valence-corrected chi connectivity index (χ2v) is 6.18. The molecule has 0 spiro atoms. The lowest BCUT2D eigenvalue weighted by Gasteiger charge is -2.12. The second-order valence-electron chi connectivity index (χ2n) is 6.18. The molecule has 0 aliphatic heterocycles. The van der Waals surface area contributed by atoms with Gasteiger partial charge in [0.05, 0.1) is 23.9 Å². The number of anilines is 3. The molecule has 142 valence electrons. The van der Waals surface area contributed by atoms with Crippen LogP contribution >= 0.6 is 0 Å². The van der Waals surface area contributed by atoms with Gasteiger partial charge in [0.2, 0.25) is 5.95 Å². The minimum absolute atomic E-state index is 0.264. The highest BCUT2D eigenvalue weighted by Crippen LogP contribution is 2.21. The first kappa shape index (κ1) is 19.0. The first-order valence-corrected chi connectivity index (χ1v) is 8.63. The molecule has 0 unspecified atom stereocenters. The average molecular weight is 376 g/mol. The van der Waals surface area contributed by atoms with Crippen LogP contribution in [0.1, 0.15) is 31.8 Å². The lowest BCUT2D eigenvalue weighted by molar-refractivity contribution is 0.0601. The number of para-hydroxylation sites is 2. The van der Waals surface area contributed by atoms with Crippen LogP contribution < -0.4 is 10.6 Å². The fourth-order valence-corrected chi connectivity index (χ4v) is 2.71. The summed E-state index contributed by atoms with van der Waals surface area (Å²) in [4.78, 5) is 32.7. The van der Waals surface area contributed by atoms with Crippen molar-refractivity contribution in [2.75, 3.05) is 17.7 Å². The van der Waals surface area contributed by atoms with Crippen LogP contribution in [-0.4, -0.2) is 29.0 Å². The molecule has 1 amide bonds. The van der Waals surface area contributed by atoms with Gasteiger partial charge >= 0.3 is 5.97 Å². The summed E-state index contributed by atoms with van der Waals surface area (Å²) in [6.07, 6.45) is 2.86. The van der Waals surface area contributed by atoms with E-state index in [-0.39, 0.29) is 11.9 Å². The van der Waals surface area contributed by atoms with Gasteiger partial charge in [0.25, 0.3) is 5.91 Å². The molecule has 0 aliphatic rings. The van der Waals surface area contributed by atoms with Crippen LogP contribution in [0.4, 0.5) is 17.3 Å². The smallest absolute Gasteiger partial charge is 0.339 e. The van der Waals surface area contributed by atoms with Crippen molar-refractivity contribution in [3.8, 4) is 0 Å². The van der Waals surface area contributed by atoms with E-state index in [0.717, 1.165) is 16.8 Å². The Bertz CT molecular complexity index is 996. The van der Waals surface area contributed by atoms with Crippen molar-refractivity contribution in [2.45, 2.75) is 13.8 Å². The van der Waals surface area contributed by atoms with Crippen molar-refractivity contribution < 1.29 is 14.3 Å². The quantitative estimate of drug-likeness (QED) is 0.657. The largest absolute Gasteiger partial charge is 0.465 e. The van der Waals surface area contributed by atoms with Crippen LogP contribution in [0.25, 0.3) is 0 Å². The third kappa shape index (κ3) is 4.15. The summed E-state index contributed by atoms with van der Waals surface area (Å²) in [6.45, 7) is 3.87. The number of esters is 1. The van der Waals surface area contributed by atoms with Gasteiger partial charge in [-0.2, -0.15) is 0 Å². The van der Waals surface area contributed by atoms with E-state index in [0.29, 0.717) is 16.8 Å². The first-order chi connectivity index (χ1) is 13.5. The standard InChI is InChI=1S/C21H20N4O3/c1-13-7-6-8-14(2)18(13)25-19(26)15-11-22-21(23-12-15)24-17-10-5-4-9-16(17)20(27)28-3/h4-12H,1-3H3,(H,25,26)(H,22,23,24). The minimum atomic E-state index is -0.465. The van der Waals surface area contributed by atoms with Crippen LogP contribution in [-0.2, 0) is 4.74 Å². The Kier molecular flexibility index (Phi) is 5.64. The lowest BCUT2D eigenvalue weighted by atomic mass is 10.1. The number of nitrogens with zero attached hydrogens (tertiary/aromatic N) is 2. The summed E-state index contributed by atoms with van der Waals surface area (Å²) >= 11 is 0. The monoisotopic (exact) mass is 376 g/mol. The summed E-state index contributed by atoms with van der Waals surface area (Å²) in [5.74, 6) is -0.494. The number of carbonyl (C=O) groups excluding carboxylic acids is 2. The van der Waals surface area contributed by atoms with Crippen LogP contribution in [0.3, 0.4) is 0 Å². The molecule has 1 aromatic heterocycles. The Morgan fingerprint density at radius 1 is 0.929 bits per heavy atom. The van der Waals surface area contributed by atoms with Crippen molar-refractivity contribution in [2.24, 2.45) is 0 Å². The maximum Gasteiger partial charge on any atom is 0.339 e. The van der Waals surface area contributed by atoms with E-state index in [1.165, 1.54) is 19.5 Å². The summed E-state index contributed by atoms with van der Waals surface area (Å²) in [7, 11) is 1.32. The Morgan fingerprint density at radius 2 is 1.57 bits per heavy atom. The molecule has 3 aromatic rings. The Morgan fingerprint density at radius 3 is 2.21 bits per heavy atom. The molecule has 0 saturated heterocycles. The van der Waals surface area contributed by atoms with Crippen LogP contribution in [0.15, 0.2) is 54.9 Å². The predicted octanol–water partition coefficient (Wildman–Crippen LogP) is 3.88. The van der Waals surface area contributed by atoms with E-state index >= 15 is 0 Å². The lowest BCUT2D eigenvalue weighted by Crippen LogP contribution is -2.15. The topological polar surface area (TPSA) is 93.2 Å². The SMILES string of the molecule is COC(=O)c1ccccc1Nc1ncc(C(=O)Nc2c(C)cccc2C)cn1. The number of rotatable bonds is 5. The number of methoxy groups -OCH3 is 1. The third-order valence-electron chi connectivity index (χ3n) is 4.21. The molecule has 7 nitrogen and oxygen atoms in total. The molecule has 3 rings (SSSR count). The molecule has 1 heterocycles. The molecule has 0 aliphatic carbocycles. The molecule has 0 radical (unpaired) electrons. The van der Waals surface area contributed by atoms with Gasteiger partial charge in [0.1, 0.15) is 0 Å². The molecule has 2 aromatic carbocycles. The number of ether oxygens (including phenoxy) is 1. The molecule has 7 heteroatoms. The van der Waals surface area contributed by atoms with Crippen molar-refractivity contribution in [1.82, 2.24) is 9.97 Å². The van der Waals surface area contributed by atoms with E-state index in [4.69, 9.17) is 4.74 Å². The summed E-state index contributed by atoms with van der Waals surface area (Å²) in [5, 5.41) is 5.86. The maximum atomic E-state index is 12.5. The number of nitrogens with one attached hydrogen (secondary N) is 2. The number of amides is 1. The van der Waals surface area contributed by atoms with Gasteiger partial charge in [-0.1, -0.05) is 30.3 Å². The zero-order valence-corrected chi connectivity index (χ0v) is 15.8. The number of aromatic nitrogens is 2. The summed E-state index contributed by atoms with van der Waals surface area (Å²) < 4.78 is 4.77. The van der Waals surface area contributed by atoms with Gasteiger partial charge in [-0.05, 0) is 37.1 Å². The van der Waals surface area contributed by atoms with Crippen LogP contribution in [0, 0.1) is 13.8 Å². The molecule has 0 saturated carbocycles. The second kappa shape index (κ2) is 8.30. The van der Waals surface area contributed by atoms with Gasteiger partial charge in [0, 0.05) is 18.1 Å². The highest BCUT2D eigenvalue weighted by atomic mass is 16.5. The molecule has 28 heavy (non-hydrogen) atoms. The van der Waals surface area contributed by atoms with Crippen molar-refractivity contribution in [3.63, 3.8) is 0 Å². The third-order valence-corrected chi connectivity index (χ3v) is 4.21. The number of hydrogen-bond donors (Lipinski definition) is 2. The first-order valence-electron chi connectivity index (χ1n) is 8.63. The molecule has 0 atom stereocenters. The average Bonchev–Trinajstić information content (AvgIpc) is 2.71. The van der Waals surface area contributed by atoms with Crippen molar-refractivity contribution in [3.05, 3.63) is 77.1 Å². The van der Waals surface area contributed by atoms with Gasteiger partial charge in [0.15, 0.2) is 0 Å². The van der Waals surface area contributed by atoms with Crippen molar-refractivity contribution >= 4 is 29.2 Å². The zero-order valence-electron chi connectivity index (χ0n) is 15.8. The molecular weight excluding hydrogens is 356 g/mol.